The largest absolute Gasteiger partial charge is 0.493 e. The van der Waals surface area contributed by atoms with Crippen molar-refractivity contribution in [1.82, 2.24) is 5.32 Å². The van der Waals surface area contributed by atoms with Crippen LogP contribution in [0.25, 0.3) is 0 Å². The van der Waals surface area contributed by atoms with E-state index < -0.39 is 0 Å². The predicted molar refractivity (Wildman–Crippen MR) is 100 cm³/mol. The van der Waals surface area contributed by atoms with Crippen molar-refractivity contribution in [1.29, 1.82) is 0 Å². The molecule has 0 unspecified atom stereocenters. The summed E-state index contributed by atoms with van der Waals surface area (Å²) in [4.78, 5) is 12.0. The van der Waals surface area contributed by atoms with Gasteiger partial charge < -0.3 is 15.8 Å². The molecule has 6 heteroatoms. The van der Waals surface area contributed by atoms with E-state index in [4.69, 9.17) is 22.1 Å². The van der Waals surface area contributed by atoms with E-state index in [2.05, 4.69) is 5.32 Å². The highest BCUT2D eigenvalue weighted by molar-refractivity contribution is 6.30. The zero-order chi connectivity index (χ0) is 16.7. The van der Waals surface area contributed by atoms with E-state index >= 15 is 0 Å². The minimum absolute atomic E-state index is 0. The number of amides is 1. The third-order valence-corrected chi connectivity index (χ3v) is 3.69. The van der Waals surface area contributed by atoms with Crippen molar-refractivity contribution in [3.63, 3.8) is 0 Å². The second kappa shape index (κ2) is 10.2. The van der Waals surface area contributed by atoms with Crippen LogP contribution in [-0.2, 0) is 6.54 Å². The van der Waals surface area contributed by atoms with Gasteiger partial charge in [-0.2, -0.15) is 0 Å². The first kappa shape index (κ1) is 20.3. The molecule has 0 heterocycles. The Morgan fingerprint density at radius 2 is 1.92 bits per heavy atom. The Kier molecular flexibility index (Phi) is 8.61. The van der Waals surface area contributed by atoms with Gasteiger partial charge in [0, 0.05) is 23.7 Å². The van der Waals surface area contributed by atoms with Crippen LogP contribution < -0.4 is 15.8 Å². The Labute approximate surface area is 153 Å². The van der Waals surface area contributed by atoms with Crippen LogP contribution in [0.5, 0.6) is 5.75 Å². The first-order valence-corrected chi connectivity index (χ1v) is 7.94. The van der Waals surface area contributed by atoms with Crippen LogP contribution in [0.2, 0.25) is 5.02 Å². The predicted octanol–water partition coefficient (Wildman–Crippen LogP) is 3.73. The monoisotopic (exact) mass is 368 g/mol. The van der Waals surface area contributed by atoms with Crippen LogP contribution in [0.15, 0.2) is 42.5 Å². The number of aryl methyl sites for hydroxylation is 1. The summed E-state index contributed by atoms with van der Waals surface area (Å²) in [5.74, 6) is 0.731. The molecule has 0 saturated carbocycles. The highest BCUT2D eigenvalue weighted by Crippen LogP contribution is 2.21. The maximum Gasteiger partial charge on any atom is 0.251 e. The molecular weight excluding hydrogens is 347 g/mol. The molecule has 0 aliphatic carbocycles. The minimum Gasteiger partial charge on any atom is -0.493 e. The fourth-order valence-electron chi connectivity index (χ4n) is 2.13. The van der Waals surface area contributed by atoms with Crippen molar-refractivity contribution >= 4 is 29.9 Å². The third-order valence-electron chi connectivity index (χ3n) is 3.45. The van der Waals surface area contributed by atoms with E-state index in [9.17, 15) is 4.79 Å². The number of nitrogens with two attached hydrogens (primary N) is 1. The van der Waals surface area contributed by atoms with E-state index in [1.54, 1.807) is 18.2 Å². The van der Waals surface area contributed by atoms with Gasteiger partial charge in [0.05, 0.1) is 6.61 Å². The fourth-order valence-corrected chi connectivity index (χ4v) is 2.35. The molecule has 2 aromatic rings. The number of carbonyl (C=O) groups excluding carboxylic acids is 1. The van der Waals surface area contributed by atoms with E-state index in [0.717, 1.165) is 23.3 Å². The van der Waals surface area contributed by atoms with Crippen molar-refractivity contribution in [3.8, 4) is 5.75 Å². The third kappa shape index (κ3) is 6.04. The second-order valence-corrected chi connectivity index (χ2v) is 5.71. The van der Waals surface area contributed by atoms with E-state index in [1.807, 2.05) is 31.2 Å². The van der Waals surface area contributed by atoms with Crippen LogP contribution >= 0.6 is 24.0 Å². The molecule has 0 radical (unpaired) electrons. The minimum atomic E-state index is -0.0868. The summed E-state index contributed by atoms with van der Waals surface area (Å²) in [6, 6.07) is 12.8. The smallest absolute Gasteiger partial charge is 0.251 e. The van der Waals surface area contributed by atoms with Crippen molar-refractivity contribution in [2.75, 3.05) is 13.2 Å². The Bertz CT molecular complexity index is 661. The average molecular weight is 369 g/mol. The number of hydrogen-bond donors (Lipinski definition) is 2. The molecule has 0 bridgehead atoms. The number of halogens is 2. The van der Waals surface area contributed by atoms with Crippen LogP contribution in [0.4, 0.5) is 0 Å². The lowest BCUT2D eigenvalue weighted by molar-refractivity contribution is 0.0951. The molecule has 4 nitrogen and oxygen atoms in total. The Balaban J connectivity index is 0.00000288. The van der Waals surface area contributed by atoms with Gasteiger partial charge in [-0.1, -0.05) is 23.7 Å². The van der Waals surface area contributed by atoms with Crippen LogP contribution in [0.3, 0.4) is 0 Å². The van der Waals surface area contributed by atoms with Crippen molar-refractivity contribution in [2.45, 2.75) is 19.9 Å². The fraction of sp³-hybridized carbons (Fsp3) is 0.278. The van der Waals surface area contributed by atoms with Crippen molar-refractivity contribution in [3.05, 3.63) is 64.2 Å². The topological polar surface area (TPSA) is 64.3 Å². The summed E-state index contributed by atoms with van der Waals surface area (Å²) < 4.78 is 5.69. The SMILES string of the molecule is Cc1cc(Cl)ccc1OCCCNC(=O)c1ccc(CN)cc1.Cl. The quantitative estimate of drug-likeness (QED) is 0.731. The zero-order valence-electron chi connectivity index (χ0n) is 13.5. The molecular formula is C18H22Cl2N2O2. The molecule has 0 aromatic heterocycles. The summed E-state index contributed by atoms with van der Waals surface area (Å²) in [6.07, 6.45) is 0.731. The van der Waals surface area contributed by atoms with Crippen LogP contribution in [0, 0.1) is 6.92 Å². The summed E-state index contributed by atoms with van der Waals surface area (Å²) in [5, 5.41) is 3.57. The second-order valence-electron chi connectivity index (χ2n) is 5.27. The van der Waals surface area contributed by atoms with E-state index in [0.29, 0.717) is 30.3 Å². The summed E-state index contributed by atoms with van der Waals surface area (Å²) >= 11 is 5.90. The number of hydrogen-bond acceptors (Lipinski definition) is 3. The van der Waals surface area contributed by atoms with Gasteiger partial charge in [0.1, 0.15) is 5.75 Å². The van der Waals surface area contributed by atoms with Gasteiger partial charge in [-0.15, -0.1) is 12.4 Å². The Hall–Kier alpha value is -1.75. The first-order chi connectivity index (χ1) is 11.1. The normalized spacial score (nSPS) is 9.96. The van der Waals surface area contributed by atoms with Crippen molar-refractivity contribution in [2.24, 2.45) is 5.73 Å². The van der Waals surface area contributed by atoms with Crippen LogP contribution in [-0.4, -0.2) is 19.1 Å². The molecule has 0 spiro atoms. The number of ether oxygens (including phenoxy) is 1. The van der Waals surface area contributed by atoms with Gasteiger partial charge in [0.25, 0.3) is 5.91 Å². The molecule has 2 rings (SSSR count). The molecule has 3 N–H and O–H groups in total. The maximum atomic E-state index is 12.0. The first-order valence-electron chi connectivity index (χ1n) is 7.56. The number of benzene rings is 2. The molecule has 24 heavy (non-hydrogen) atoms. The Morgan fingerprint density at radius 3 is 2.54 bits per heavy atom. The maximum absolute atomic E-state index is 12.0. The Morgan fingerprint density at radius 1 is 1.21 bits per heavy atom. The summed E-state index contributed by atoms with van der Waals surface area (Å²) in [6.45, 7) is 3.52. The molecule has 130 valence electrons. The van der Waals surface area contributed by atoms with Gasteiger partial charge in [0.15, 0.2) is 0 Å². The number of carbonyl (C=O) groups is 1. The highest BCUT2D eigenvalue weighted by Gasteiger charge is 2.05. The van der Waals surface area contributed by atoms with E-state index in [1.165, 1.54) is 0 Å². The van der Waals surface area contributed by atoms with E-state index in [-0.39, 0.29) is 18.3 Å². The summed E-state index contributed by atoms with van der Waals surface area (Å²) in [7, 11) is 0. The van der Waals surface area contributed by atoms with Gasteiger partial charge in [0.2, 0.25) is 0 Å². The lowest BCUT2D eigenvalue weighted by Gasteiger charge is -2.10. The highest BCUT2D eigenvalue weighted by atomic mass is 35.5. The lowest BCUT2D eigenvalue weighted by Crippen LogP contribution is -2.25. The zero-order valence-corrected chi connectivity index (χ0v) is 15.1. The molecule has 0 atom stereocenters. The van der Waals surface area contributed by atoms with Crippen LogP contribution in [0.1, 0.15) is 27.9 Å². The van der Waals surface area contributed by atoms with Gasteiger partial charge in [-0.05, 0) is 54.8 Å². The van der Waals surface area contributed by atoms with Crippen molar-refractivity contribution < 1.29 is 9.53 Å². The number of rotatable bonds is 7. The van der Waals surface area contributed by atoms with Gasteiger partial charge >= 0.3 is 0 Å². The average Bonchev–Trinajstić information content (AvgIpc) is 2.56. The molecule has 0 aliphatic rings. The standard InChI is InChI=1S/C18H21ClN2O2.ClH/c1-13-11-16(19)7-8-17(13)23-10-2-9-21-18(22)15-5-3-14(12-20)4-6-15;/h3-8,11H,2,9-10,12,20H2,1H3,(H,21,22);1H. The summed E-state index contributed by atoms with van der Waals surface area (Å²) in [5.41, 5.74) is 8.18. The molecule has 1 amide bonds. The lowest BCUT2D eigenvalue weighted by atomic mass is 10.1. The number of nitrogens with one attached hydrogen (secondary N) is 1. The molecule has 0 aliphatic heterocycles. The van der Waals surface area contributed by atoms with Gasteiger partial charge in [-0.3, -0.25) is 4.79 Å². The molecule has 0 saturated heterocycles. The molecule has 2 aromatic carbocycles. The van der Waals surface area contributed by atoms with Gasteiger partial charge in [-0.25, -0.2) is 0 Å². The molecule has 0 fully saturated rings.